The third-order valence-corrected chi connectivity index (χ3v) is 2.53. The highest BCUT2D eigenvalue weighted by Gasteiger charge is 1.94. The Hall–Kier alpha value is -0.630. The molecule has 0 spiro atoms. The van der Waals surface area contributed by atoms with E-state index < -0.39 is 8.60 Å². The molecule has 0 unspecified atom stereocenters. The molecule has 0 aliphatic rings. The van der Waals surface area contributed by atoms with E-state index in [2.05, 4.69) is 11.4 Å². The predicted molar refractivity (Wildman–Crippen MR) is 57.2 cm³/mol. The fraction of sp³-hybridized carbons (Fsp3) is 0.455. The smallest absolute Gasteiger partial charge is 0.119 e. The third kappa shape index (κ3) is 5.12. The van der Waals surface area contributed by atoms with E-state index in [1.165, 1.54) is 24.8 Å². The molecule has 0 saturated carbocycles. The molecule has 0 amide bonds. The van der Waals surface area contributed by atoms with Crippen LogP contribution in [0.4, 0.5) is 0 Å². The minimum Gasteiger partial charge on any atom is -0.810 e. The van der Waals surface area contributed by atoms with Gasteiger partial charge in [-0.05, 0) is 30.5 Å². The summed E-state index contributed by atoms with van der Waals surface area (Å²) < 4.78 is 4.55. The lowest BCUT2D eigenvalue weighted by molar-refractivity contribution is -0.310. The standard InChI is InChI=1S/C11H15O3P/c1-2-3-4-5-10-6-8-11(9-7-10)14-15(12)13/h6-9H,2-5H2,1H3/q-2. The minimum atomic E-state index is -2.80. The van der Waals surface area contributed by atoms with Crippen LogP contribution in [0.3, 0.4) is 0 Å². The molecule has 3 nitrogen and oxygen atoms in total. The van der Waals surface area contributed by atoms with Crippen molar-refractivity contribution >= 4 is 8.60 Å². The van der Waals surface area contributed by atoms with Crippen LogP contribution < -0.4 is 14.3 Å². The van der Waals surface area contributed by atoms with E-state index in [0.717, 1.165) is 6.42 Å². The predicted octanol–water partition coefficient (Wildman–Crippen LogP) is 1.75. The zero-order valence-corrected chi connectivity index (χ0v) is 9.70. The summed E-state index contributed by atoms with van der Waals surface area (Å²) in [5, 5.41) is 0. The Bertz CT molecular complexity index is 272. The van der Waals surface area contributed by atoms with Gasteiger partial charge in [0, 0.05) is 0 Å². The van der Waals surface area contributed by atoms with Crippen molar-refractivity contribution in [3.8, 4) is 5.75 Å². The Balaban J connectivity index is 2.42. The van der Waals surface area contributed by atoms with Gasteiger partial charge in [-0.1, -0.05) is 40.5 Å². The second kappa shape index (κ2) is 6.78. The van der Waals surface area contributed by atoms with Crippen LogP contribution in [0.5, 0.6) is 5.75 Å². The van der Waals surface area contributed by atoms with Gasteiger partial charge in [0.1, 0.15) is 5.75 Å². The monoisotopic (exact) mass is 226 g/mol. The van der Waals surface area contributed by atoms with Crippen LogP contribution in [0, 0.1) is 0 Å². The van der Waals surface area contributed by atoms with Crippen LogP contribution in [-0.2, 0) is 6.42 Å². The number of hydrogen-bond acceptors (Lipinski definition) is 3. The molecule has 0 aliphatic heterocycles. The zero-order valence-electron chi connectivity index (χ0n) is 8.81. The van der Waals surface area contributed by atoms with Gasteiger partial charge in [-0.2, -0.15) is 0 Å². The molecular weight excluding hydrogens is 211 g/mol. The highest BCUT2D eigenvalue weighted by Crippen LogP contribution is 2.22. The molecule has 1 aromatic rings. The number of unbranched alkanes of at least 4 members (excludes halogenated alkanes) is 2. The van der Waals surface area contributed by atoms with E-state index in [1.54, 1.807) is 12.1 Å². The molecule has 15 heavy (non-hydrogen) atoms. The summed E-state index contributed by atoms with van der Waals surface area (Å²) in [6.07, 6.45) is 4.65. The topological polar surface area (TPSA) is 55.3 Å². The Morgan fingerprint density at radius 1 is 1.13 bits per heavy atom. The normalized spacial score (nSPS) is 10.7. The van der Waals surface area contributed by atoms with E-state index in [-0.39, 0.29) is 0 Å². The maximum Gasteiger partial charge on any atom is 0.119 e. The van der Waals surface area contributed by atoms with Gasteiger partial charge in [0.05, 0.1) is 0 Å². The summed E-state index contributed by atoms with van der Waals surface area (Å²) in [6, 6.07) is 7.19. The van der Waals surface area contributed by atoms with Crippen molar-refractivity contribution in [1.82, 2.24) is 0 Å². The molecule has 0 fully saturated rings. The van der Waals surface area contributed by atoms with Crippen molar-refractivity contribution in [1.29, 1.82) is 0 Å². The average molecular weight is 226 g/mol. The van der Waals surface area contributed by atoms with E-state index in [9.17, 15) is 9.79 Å². The molecule has 0 N–H and O–H groups in total. The van der Waals surface area contributed by atoms with E-state index in [0.29, 0.717) is 5.75 Å². The highest BCUT2D eigenvalue weighted by atomic mass is 31.2. The van der Waals surface area contributed by atoms with Crippen LogP contribution in [0.2, 0.25) is 0 Å². The number of rotatable bonds is 6. The molecule has 1 rings (SSSR count). The molecular formula is C11H15O3P-2. The van der Waals surface area contributed by atoms with Gasteiger partial charge in [-0.25, -0.2) is 0 Å². The van der Waals surface area contributed by atoms with Crippen molar-refractivity contribution in [3.63, 3.8) is 0 Å². The number of benzene rings is 1. The molecule has 1 aromatic carbocycles. The van der Waals surface area contributed by atoms with Crippen molar-refractivity contribution in [2.45, 2.75) is 32.6 Å². The Morgan fingerprint density at radius 2 is 1.80 bits per heavy atom. The minimum absolute atomic E-state index is 0.380. The summed E-state index contributed by atoms with van der Waals surface area (Å²) in [5.41, 5.74) is 1.22. The van der Waals surface area contributed by atoms with Crippen LogP contribution in [0.15, 0.2) is 24.3 Å². The van der Waals surface area contributed by atoms with Crippen molar-refractivity contribution < 1.29 is 14.3 Å². The maximum absolute atomic E-state index is 10.3. The van der Waals surface area contributed by atoms with Crippen LogP contribution in [-0.4, -0.2) is 0 Å². The van der Waals surface area contributed by atoms with Gasteiger partial charge in [0.15, 0.2) is 0 Å². The SMILES string of the molecule is CCCCCc1ccc(OP([O-])[O-])cc1. The van der Waals surface area contributed by atoms with Gasteiger partial charge in [0.25, 0.3) is 0 Å². The fourth-order valence-electron chi connectivity index (χ4n) is 1.38. The van der Waals surface area contributed by atoms with Gasteiger partial charge in [-0.3, -0.25) is 0 Å². The molecule has 0 radical (unpaired) electrons. The van der Waals surface area contributed by atoms with Gasteiger partial charge in [-0.15, -0.1) is 0 Å². The van der Waals surface area contributed by atoms with Crippen LogP contribution in [0.25, 0.3) is 0 Å². The molecule has 0 aliphatic carbocycles. The lowest BCUT2D eigenvalue weighted by Crippen LogP contribution is -2.12. The summed E-state index contributed by atoms with van der Waals surface area (Å²) in [6.45, 7) is 2.17. The molecule has 0 heterocycles. The summed E-state index contributed by atoms with van der Waals surface area (Å²) in [5.74, 6) is 0.380. The fourth-order valence-corrected chi connectivity index (χ4v) is 1.68. The lowest BCUT2D eigenvalue weighted by atomic mass is 10.1. The van der Waals surface area contributed by atoms with Crippen LogP contribution in [0.1, 0.15) is 31.7 Å². The Morgan fingerprint density at radius 3 is 2.33 bits per heavy atom. The second-order valence-corrected chi connectivity index (χ2v) is 4.05. The lowest BCUT2D eigenvalue weighted by Gasteiger charge is -2.29. The number of aryl methyl sites for hydroxylation is 1. The average Bonchev–Trinajstić information content (AvgIpc) is 2.20. The van der Waals surface area contributed by atoms with E-state index >= 15 is 0 Å². The van der Waals surface area contributed by atoms with Crippen molar-refractivity contribution in [3.05, 3.63) is 29.8 Å². The first-order valence-corrected chi connectivity index (χ1v) is 6.23. The molecule has 0 aromatic heterocycles. The van der Waals surface area contributed by atoms with E-state index in [4.69, 9.17) is 0 Å². The number of hydrogen-bond donors (Lipinski definition) is 0. The summed E-state index contributed by atoms with van der Waals surface area (Å²) in [7, 11) is -2.80. The van der Waals surface area contributed by atoms with Gasteiger partial charge >= 0.3 is 0 Å². The van der Waals surface area contributed by atoms with Crippen molar-refractivity contribution in [2.24, 2.45) is 0 Å². The molecule has 84 valence electrons. The van der Waals surface area contributed by atoms with Gasteiger partial charge < -0.3 is 14.3 Å². The third-order valence-electron chi connectivity index (χ3n) is 2.17. The van der Waals surface area contributed by atoms with Crippen LogP contribution >= 0.6 is 8.60 Å². The summed E-state index contributed by atoms with van der Waals surface area (Å²) >= 11 is 0. The first-order valence-electron chi connectivity index (χ1n) is 5.13. The quantitative estimate of drug-likeness (QED) is 0.548. The highest BCUT2D eigenvalue weighted by molar-refractivity contribution is 7.36. The molecule has 4 heteroatoms. The van der Waals surface area contributed by atoms with Crippen molar-refractivity contribution in [2.75, 3.05) is 0 Å². The first kappa shape index (κ1) is 12.4. The molecule has 0 atom stereocenters. The van der Waals surface area contributed by atoms with Gasteiger partial charge in [0.2, 0.25) is 0 Å². The first-order chi connectivity index (χ1) is 7.22. The molecule has 0 saturated heterocycles. The maximum atomic E-state index is 10.3. The largest absolute Gasteiger partial charge is 0.810 e. The zero-order chi connectivity index (χ0) is 11.1. The Kier molecular flexibility index (Phi) is 5.62. The Labute approximate surface area is 91.7 Å². The second-order valence-electron chi connectivity index (χ2n) is 3.42. The molecule has 0 bridgehead atoms. The van der Waals surface area contributed by atoms with E-state index in [1.807, 2.05) is 12.1 Å². The summed E-state index contributed by atoms with van der Waals surface area (Å²) in [4.78, 5) is 20.6.